The van der Waals surface area contributed by atoms with Crippen molar-refractivity contribution in [1.82, 2.24) is 4.72 Å². The van der Waals surface area contributed by atoms with Crippen molar-refractivity contribution >= 4 is 16.1 Å². The number of fused-ring (bicyclic) bond motifs is 1. The highest BCUT2D eigenvalue weighted by molar-refractivity contribution is 7.93. The van der Waals surface area contributed by atoms with Gasteiger partial charge >= 0.3 is 0 Å². The Morgan fingerprint density at radius 1 is 1.16 bits per heavy atom. The van der Waals surface area contributed by atoms with E-state index in [4.69, 9.17) is 0 Å². The Balaban J connectivity index is 2.08. The zero-order valence-corrected chi connectivity index (χ0v) is 12.2. The molecule has 1 aromatic rings. The molecule has 1 N–H and O–H groups in total. The van der Waals surface area contributed by atoms with Crippen molar-refractivity contribution in [2.75, 3.05) is 6.54 Å². The van der Waals surface area contributed by atoms with Gasteiger partial charge in [-0.15, -0.1) is 0 Å². The smallest absolute Gasteiger partial charge is 0.211 e. The van der Waals surface area contributed by atoms with E-state index >= 15 is 0 Å². The van der Waals surface area contributed by atoms with E-state index in [-0.39, 0.29) is 0 Å². The molecular formula is C15H21NO2S. The molecule has 0 saturated carbocycles. The molecule has 0 unspecified atom stereocenters. The molecule has 0 radical (unpaired) electrons. The standard InChI is InChI=1S/C15H21NO2S/c1-2-3-6-11-16-19(17,18)15-10-9-13-7-4-5-8-14(13)12-15/h4-5,7-8,12,16H,2-3,6,9-11H2,1H3. The zero-order chi connectivity index (χ0) is 13.7. The van der Waals surface area contributed by atoms with E-state index in [1.165, 1.54) is 5.56 Å². The van der Waals surface area contributed by atoms with Crippen LogP contribution in [-0.2, 0) is 16.4 Å². The normalized spacial score (nSPS) is 14.9. The summed E-state index contributed by atoms with van der Waals surface area (Å²) in [4.78, 5) is 0.516. The molecule has 19 heavy (non-hydrogen) atoms. The molecule has 0 aromatic heterocycles. The van der Waals surface area contributed by atoms with Gasteiger partial charge in [-0.1, -0.05) is 44.0 Å². The van der Waals surface area contributed by atoms with Gasteiger partial charge in [-0.25, -0.2) is 13.1 Å². The fourth-order valence-electron chi connectivity index (χ4n) is 2.29. The maximum Gasteiger partial charge on any atom is 0.236 e. The maximum atomic E-state index is 12.2. The number of sulfonamides is 1. The number of aryl methyl sites for hydroxylation is 1. The lowest BCUT2D eigenvalue weighted by atomic mass is 9.98. The summed E-state index contributed by atoms with van der Waals surface area (Å²) in [5, 5.41) is 0. The monoisotopic (exact) mass is 279 g/mol. The number of allylic oxidation sites excluding steroid dienone is 1. The van der Waals surface area contributed by atoms with E-state index in [9.17, 15) is 8.42 Å². The molecule has 0 heterocycles. The third kappa shape index (κ3) is 3.67. The van der Waals surface area contributed by atoms with Crippen LogP contribution < -0.4 is 4.72 Å². The molecule has 4 heteroatoms. The summed E-state index contributed by atoms with van der Waals surface area (Å²) in [5.41, 5.74) is 2.26. The van der Waals surface area contributed by atoms with Crippen LogP contribution in [0.25, 0.3) is 6.08 Å². The lowest BCUT2D eigenvalue weighted by Crippen LogP contribution is -2.27. The second kappa shape index (κ2) is 6.35. The van der Waals surface area contributed by atoms with E-state index in [1.54, 1.807) is 6.08 Å². The van der Waals surface area contributed by atoms with Gasteiger partial charge in [-0.2, -0.15) is 0 Å². The first-order valence-electron chi connectivity index (χ1n) is 6.91. The van der Waals surface area contributed by atoms with E-state index in [0.717, 1.165) is 31.2 Å². The van der Waals surface area contributed by atoms with Crippen molar-refractivity contribution in [1.29, 1.82) is 0 Å². The summed E-state index contributed by atoms with van der Waals surface area (Å²) in [7, 11) is -3.30. The van der Waals surface area contributed by atoms with Gasteiger partial charge in [0.05, 0.1) is 4.91 Å². The summed E-state index contributed by atoms with van der Waals surface area (Å²) in [5.74, 6) is 0. The van der Waals surface area contributed by atoms with Crippen molar-refractivity contribution < 1.29 is 8.42 Å². The first-order chi connectivity index (χ1) is 9.13. The predicted molar refractivity (Wildman–Crippen MR) is 79.2 cm³/mol. The van der Waals surface area contributed by atoms with Crippen LogP contribution in [0.1, 0.15) is 43.7 Å². The summed E-state index contributed by atoms with van der Waals surface area (Å²) >= 11 is 0. The van der Waals surface area contributed by atoms with E-state index in [1.807, 2.05) is 18.2 Å². The molecule has 1 aliphatic carbocycles. The van der Waals surface area contributed by atoms with Crippen LogP contribution in [0.2, 0.25) is 0 Å². The molecular weight excluding hydrogens is 258 g/mol. The molecule has 0 saturated heterocycles. The third-order valence-electron chi connectivity index (χ3n) is 3.43. The molecule has 0 bridgehead atoms. The molecule has 1 aromatic carbocycles. The van der Waals surface area contributed by atoms with Gasteiger partial charge in [-0.3, -0.25) is 0 Å². The van der Waals surface area contributed by atoms with Gasteiger partial charge in [0.15, 0.2) is 0 Å². The number of nitrogens with one attached hydrogen (secondary N) is 1. The van der Waals surface area contributed by atoms with E-state index in [0.29, 0.717) is 17.9 Å². The van der Waals surface area contributed by atoms with Crippen LogP contribution >= 0.6 is 0 Å². The summed E-state index contributed by atoms with van der Waals surface area (Å²) in [6, 6.07) is 7.97. The second-order valence-corrected chi connectivity index (χ2v) is 6.73. The molecule has 3 nitrogen and oxygen atoms in total. The number of hydrogen-bond acceptors (Lipinski definition) is 2. The van der Waals surface area contributed by atoms with Gasteiger partial charge in [0.2, 0.25) is 10.0 Å². The van der Waals surface area contributed by atoms with E-state index < -0.39 is 10.0 Å². The number of unbranched alkanes of at least 4 members (excludes halogenated alkanes) is 2. The molecule has 0 aliphatic heterocycles. The van der Waals surface area contributed by atoms with Crippen LogP contribution in [-0.4, -0.2) is 15.0 Å². The molecule has 104 valence electrons. The van der Waals surface area contributed by atoms with Gasteiger partial charge in [-0.05, 0) is 36.5 Å². The summed E-state index contributed by atoms with van der Waals surface area (Å²) in [6.45, 7) is 2.64. The van der Waals surface area contributed by atoms with Crippen LogP contribution in [0.3, 0.4) is 0 Å². The minimum absolute atomic E-state index is 0.516. The van der Waals surface area contributed by atoms with Crippen LogP contribution in [0.15, 0.2) is 29.2 Å². The highest BCUT2D eigenvalue weighted by atomic mass is 32.2. The van der Waals surface area contributed by atoms with Crippen molar-refractivity contribution in [3.63, 3.8) is 0 Å². The highest BCUT2D eigenvalue weighted by Crippen LogP contribution is 2.26. The van der Waals surface area contributed by atoms with Crippen molar-refractivity contribution in [3.8, 4) is 0 Å². The SMILES string of the molecule is CCCCCNS(=O)(=O)C1=Cc2ccccc2CC1. The van der Waals surface area contributed by atoms with Crippen molar-refractivity contribution in [2.45, 2.75) is 39.0 Å². The molecule has 1 aliphatic rings. The Morgan fingerprint density at radius 2 is 1.95 bits per heavy atom. The summed E-state index contributed by atoms with van der Waals surface area (Å²) < 4.78 is 27.1. The average molecular weight is 279 g/mol. The zero-order valence-electron chi connectivity index (χ0n) is 11.4. The van der Waals surface area contributed by atoms with Gasteiger partial charge < -0.3 is 0 Å². The Labute approximate surface area is 115 Å². The number of rotatable bonds is 6. The molecule has 0 fully saturated rings. The average Bonchev–Trinajstić information content (AvgIpc) is 2.43. The Bertz CT molecular complexity index is 561. The number of hydrogen-bond donors (Lipinski definition) is 1. The predicted octanol–water partition coefficient (Wildman–Crippen LogP) is 3.08. The van der Waals surface area contributed by atoms with Crippen molar-refractivity contribution in [2.24, 2.45) is 0 Å². The van der Waals surface area contributed by atoms with E-state index in [2.05, 4.69) is 17.7 Å². The fraction of sp³-hybridized carbons (Fsp3) is 0.467. The largest absolute Gasteiger partial charge is 0.236 e. The minimum Gasteiger partial charge on any atom is -0.211 e. The van der Waals surface area contributed by atoms with Crippen LogP contribution in [0, 0.1) is 0 Å². The van der Waals surface area contributed by atoms with Gasteiger partial charge in [0, 0.05) is 6.54 Å². The first-order valence-corrected chi connectivity index (χ1v) is 8.40. The summed E-state index contributed by atoms with van der Waals surface area (Å²) in [6.07, 6.45) is 6.26. The van der Waals surface area contributed by atoms with Gasteiger partial charge in [0.1, 0.15) is 0 Å². The van der Waals surface area contributed by atoms with Crippen molar-refractivity contribution in [3.05, 3.63) is 40.3 Å². The van der Waals surface area contributed by atoms with Crippen LogP contribution in [0.4, 0.5) is 0 Å². The Hall–Kier alpha value is -1.13. The molecule has 0 atom stereocenters. The lowest BCUT2D eigenvalue weighted by molar-refractivity contribution is 0.580. The Kier molecular flexibility index (Phi) is 4.77. The molecule has 0 amide bonds. The quantitative estimate of drug-likeness (QED) is 0.813. The highest BCUT2D eigenvalue weighted by Gasteiger charge is 2.20. The Morgan fingerprint density at radius 3 is 2.74 bits per heavy atom. The lowest BCUT2D eigenvalue weighted by Gasteiger charge is -2.17. The fourth-order valence-corrected chi connectivity index (χ4v) is 3.54. The van der Waals surface area contributed by atoms with Gasteiger partial charge in [0.25, 0.3) is 0 Å². The minimum atomic E-state index is -3.30. The first kappa shape index (κ1) is 14.3. The topological polar surface area (TPSA) is 46.2 Å². The third-order valence-corrected chi connectivity index (χ3v) is 5.03. The second-order valence-electron chi connectivity index (χ2n) is 4.91. The number of benzene rings is 1. The molecule has 0 spiro atoms. The van der Waals surface area contributed by atoms with Crippen LogP contribution in [0.5, 0.6) is 0 Å². The molecule has 2 rings (SSSR count). The maximum absolute atomic E-state index is 12.2.